The summed E-state index contributed by atoms with van der Waals surface area (Å²) in [6.45, 7) is 10.6. The van der Waals surface area contributed by atoms with E-state index in [9.17, 15) is 0 Å². The highest BCUT2D eigenvalue weighted by Crippen LogP contribution is 2.41. The molecule has 0 saturated heterocycles. The summed E-state index contributed by atoms with van der Waals surface area (Å²) in [6.07, 6.45) is 4.23. The van der Waals surface area contributed by atoms with Gasteiger partial charge in [0.1, 0.15) is 5.60 Å². The van der Waals surface area contributed by atoms with Crippen LogP contribution in [0.2, 0.25) is 19.1 Å². The zero-order valence-electron chi connectivity index (χ0n) is 10.9. The summed E-state index contributed by atoms with van der Waals surface area (Å²) in [7, 11) is -1.59. The molecule has 1 nitrogen and oxygen atoms in total. The molecule has 0 bridgehead atoms. The van der Waals surface area contributed by atoms with Crippen LogP contribution in [0.25, 0.3) is 0 Å². The third-order valence-electron chi connectivity index (χ3n) is 3.39. The minimum Gasteiger partial charge on any atom is -0.404 e. The van der Waals surface area contributed by atoms with E-state index in [2.05, 4.69) is 56.9 Å². The van der Waals surface area contributed by atoms with Gasteiger partial charge in [-0.05, 0) is 37.2 Å². The first kappa shape index (κ1) is 12.3. The second kappa shape index (κ2) is 4.28. The molecule has 2 heteroatoms. The lowest BCUT2D eigenvalue weighted by Crippen LogP contribution is -2.44. The SMILES string of the molecule is C=CC1=CC[Si](C)(C)OC1(C)c1ccccc1. The van der Waals surface area contributed by atoms with Crippen LogP contribution in [0.15, 0.2) is 54.6 Å². The summed E-state index contributed by atoms with van der Waals surface area (Å²) in [4.78, 5) is 0. The fourth-order valence-corrected chi connectivity index (χ4v) is 4.60. The highest BCUT2D eigenvalue weighted by atomic mass is 28.4. The highest BCUT2D eigenvalue weighted by molar-refractivity contribution is 6.71. The Morgan fingerprint density at radius 3 is 2.53 bits per heavy atom. The van der Waals surface area contributed by atoms with Crippen LogP contribution in [-0.2, 0) is 10.0 Å². The smallest absolute Gasteiger partial charge is 0.192 e. The van der Waals surface area contributed by atoms with Gasteiger partial charge in [0, 0.05) is 0 Å². The number of benzene rings is 1. The highest BCUT2D eigenvalue weighted by Gasteiger charge is 2.40. The fourth-order valence-electron chi connectivity index (χ4n) is 2.46. The quantitative estimate of drug-likeness (QED) is 0.707. The van der Waals surface area contributed by atoms with Crippen LogP contribution >= 0.6 is 0 Å². The molecule has 90 valence electrons. The zero-order chi connectivity index (χ0) is 12.5. The van der Waals surface area contributed by atoms with Crippen molar-refractivity contribution in [2.24, 2.45) is 0 Å². The molecular weight excluding hydrogens is 224 g/mol. The van der Waals surface area contributed by atoms with Crippen molar-refractivity contribution >= 4 is 8.32 Å². The van der Waals surface area contributed by atoms with E-state index in [4.69, 9.17) is 4.43 Å². The van der Waals surface area contributed by atoms with E-state index in [1.54, 1.807) is 0 Å². The van der Waals surface area contributed by atoms with E-state index in [0.29, 0.717) is 0 Å². The summed E-state index contributed by atoms with van der Waals surface area (Å²) in [5.41, 5.74) is 2.08. The minimum absolute atomic E-state index is 0.322. The van der Waals surface area contributed by atoms with Gasteiger partial charge >= 0.3 is 0 Å². The predicted octanol–water partition coefficient (Wildman–Crippen LogP) is 4.25. The molecule has 1 aliphatic heterocycles. The maximum atomic E-state index is 6.45. The Balaban J connectivity index is 2.50. The first-order valence-electron chi connectivity index (χ1n) is 6.07. The van der Waals surface area contributed by atoms with Crippen molar-refractivity contribution < 1.29 is 4.43 Å². The van der Waals surface area contributed by atoms with Crippen LogP contribution in [0.4, 0.5) is 0 Å². The molecule has 17 heavy (non-hydrogen) atoms. The Morgan fingerprint density at radius 2 is 1.94 bits per heavy atom. The number of rotatable bonds is 2. The van der Waals surface area contributed by atoms with Gasteiger partial charge in [-0.3, -0.25) is 0 Å². The molecule has 0 N–H and O–H groups in total. The van der Waals surface area contributed by atoms with Gasteiger partial charge in [0.2, 0.25) is 0 Å². The van der Waals surface area contributed by atoms with E-state index < -0.39 is 8.32 Å². The molecule has 2 rings (SSSR count). The second-order valence-electron chi connectivity index (χ2n) is 5.33. The van der Waals surface area contributed by atoms with Crippen LogP contribution in [0.3, 0.4) is 0 Å². The van der Waals surface area contributed by atoms with Crippen molar-refractivity contribution in [1.82, 2.24) is 0 Å². The average Bonchev–Trinajstić information content (AvgIpc) is 2.29. The second-order valence-corrected chi connectivity index (χ2v) is 9.46. The van der Waals surface area contributed by atoms with Crippen molar-refractivity contribution in [3.05, 3.63) is 60.2 Å². The van der Waals surface area contributed by atoms with Gasteiger partial charge in [0.05, 0.1) is 0 Å². The molecule has 1 unspecified atom stereocenters. The molecule has 0 amide bonds. The Morgan fingerprint density at radius 1 is 1.29 bits per heavy atom. The molecule has 0 fully saturated rings. The third-order valence-corrected chi connectivity index (χ3v) is 5.54. The van der Waals surface area contributed by atoms with E-state index in [1.807, 2.05) is 12.1 Å². The summed E-state index contributed by atoms with van der Waals surface area (Å²) < 4.78 is 6.45. The molecular formula is C15H20OSi. The van der Waals surface area contributed by atoms with Crippen molar-refractivity contribution in [3.8, 4) is 0 Å². The molecule has 0 aliphatic carbocycles. The van der Waals surface area contributed by atoms with Crippen LogP contribution in [0.5, 0.6) is 0 Å². The number of hydrogen-bond acceptors (Lipinski definition) is 1. The van der Waals surface area contributed by atoms with Crippen LogP contribution in [-0.4, -0.2) is 8.32 Å². The normalized spacial score (nSPS) is 27.4. The maximum absolute atomic E-state index is 6.45. The molecule has 1 aromatic carbocycles. The molecule has 1 aromatic rings. The zero-order valence-corrected chi connectivity index (χ0v) is 11.9. The lowest BCUT2D eigenvalue weighted by molar-refractivity contribution is 0.116. The molecule has 0 spiro atoms. The first-order chi connectivity index (χ1) is 7.98. The Bertz CT molecular complexity index is 447. The van der Waals surface area contributed by atoms with Crippen molar-refractivity contribution in [1.29, 1.82) is 0 Å². The van der Waals surface area contributed by atoms with E-state index >= 15 is 0 Å². The number of allylic oxidation sites excluding steroid dienone is 1. The topological polar surface area (TPSA) is 9.23 Å². The van der Waals surface area contributed by atoms with Crippen LogP contribution in [0, 0.1) is 0 Å². The molecule has 1 aliphatic rings. The van der Waals surface area contributed by atoms with Crippen molar-refractivity contribution in [2.45, 2.75) is 31.7 Å². The lowest BCUT2D eigenvalue weighted by Gasteiger charge is -2.42. The Hall–Kier alpha value is -1.12. The Kier molecular flexibility index (Phi) is 3.10. The van der Waals surface area contributed by atoms with Gasteiger partial charge < -0.3 is 4.43 Å². The monoisotopic (exact) mass is 244 g/mol. The van der Waals surface area contributed by atoms with Gasteiger partial charge in [-0.25, -0.2) is 0 Å². The van der Waals surface area contributed by atoms with E-state index in [1.165, 1.54) is 11.1 Å². The molecule has 0 radical (unpaired) electrons. The summed E-state index contributed by atoms with van der Waals surface area (Å²) >= 11 is 0. The number of hydrogen-bond donors (Lipinski definition) is 0. The minimum atomic E-state index is -1.59. The van der Waals surface area contributed by atoms with Crippen molar-refractivity contribution in [2.75, 3.05) is 0 Å². The summed E-state index contributed by atoms with van der Waals surface area (Å²) in [5, 5.41) is 0. The lowest BCUT2D eigenvalue weighted by atomic mass is 9.87. The third kappa shape index (κ3) is 2.28. The fraction of sp³-hybridized carbons (Fsp3) is 0.333. The summed E-state index contributed by atoms with van der Waals surface area (Å²) in [5.74, 6) is 0. The van der Waals surface area contributed by atoms with Gasteiger partial charge in [-0.2, -0.15) is 0 Å². The summed E-state index contributed by atoms with van der Waals surface area (Å²) in [6, 6.07) is 11.5. The largest absolute Gasteiger partial charge is 0.404 e. The average molecular weight is 244 g/mol. The molecule has 0 saturated carbocycles. The standard InChI is InChI=1S/C15H20OSi/c1-5-13-11-12-17(3,4)16-15(13,2)14-9-7-6-8-10-14/h5-11H,1,12H2,2-4H3. The van der Waals surface area contributed by atoms with E-state index in [-0.39, 0.29) is 5.60 Å². The van der Waals surface area contributed by atoms with Crippen LogP contribution < -0.4 is 0 Å². The van der Waals surface area contributed by atoms with Gasteiger partial charge in [-0.15, -0.1) is 0 Å². The maximum Gasteiger partial charge on any atom is 0.192 e. The Labute approximate surface area is 105 Å². The van der Waals surface area contributed by atoms with Crippen LogP contribution in [0.1, 0.15) is 12.5 Å². The first-order valence-corrected chi connectivity index (χ1v) is 9.18. The van der Waals surface area contributed by atoms with Gasteiger partial charge in [0.25, 0.3) is 0 Å². The van der Waals surface area contributed by atoms with Gasteiger partial charge in [-0.1, -0.05) is 49.1 Å². The predicted molar refractivity (Wildman–Crippen MR) is 75.4 cm³/mol. The van der Waals surface area contributed by atoms with Gasteiger partial charge in [0.15, 0.2) is 8.32 Å². The van der Waals surface area contributed by atoms with E-state index in [0.717, 1.165) is 6.04 Å². The molecule has 1 atom stereocenters. The molecule has 0 aromatic heterocycles. The van der Waals surface area contributed by atoms with Crippen molar-refractivity contribution in [3.63, 3.8) is 0 Å². The molecule has 1 heterocycles.